The van der Waals surface area contributed by atoms with Gasteiger partial charge in [0.2, 0.25) is 0 Å². The molecule has 0 aromatic carbocycles. The van der Waals surface area contributed by atoms with Crippen LogP contribution in [0.1, 0.15) is 0 Å². The molecule has 0 spiro atoms. The van der Waals surface area contributed by atoms with E-state index in [2.05, 4.69) is 0 Å². The maximum Gasteiger partial charge on any atom is 0.263 e. The molecule has 0 bridgehead atoms. The van der Waals surface area contributed by atoms with Crippen molar-refractivity contribution in [3.63, 3.8) is 0 Å². The molecule has 0 heterocycles. The van der Waals surface area contributed by atoms with Gasteiger partial charge >= 0.3 is 0 Å². The summed E-state index contributed by atoms with van der Waals surface area (Å²) in [4.78, 5) is 0. The largest absolute Gasteiger partial charge is 0.412 e. The summed E-state index contributed by atoms with van der Waals surface area (Å²) < 4.78 is 0. The van der Waals surface area contributed by atoms with Gasteiger partial charge in [-0.2, -0.15) is 0 Å². The molecule has 0 aliphatic heterocycles. The minimum absolute atomic E-state index is 0. The summed E-state index contributed by atoms with van der Waals surface area (Å²) in [6, 6.07) is 0. The lowest BCUT2D eigenvalue weighted by molar-refractivity contribution is -0.198. The maximum absolute atomic E-state index is 7.17. The number of rotatable bonds is 0. The molecule has 5 N–H and O–H groups in total. The van der Waals surface area contributed by atoms with Crippen LogP contribution in [0.5, 0.6) is 0 Å². The highest BCUT2D eigenvalue weighted by molar-refractivity contribution is 3.76. The molecular formula is CH6O4. The maximum atomic E-state index is 7.17. The molecule has 5 heavy (non-hydrogen) atoms. The number of hydrogen-bond acceptors (Lipinski definition) is 3. The predicted molar refractivity (Wildman–Crippen MR) is 14.1 cm³/mol. The van der Waals surface area contributed by atoms with Gasteiger partial charge in [0, 0.05) is 0 Å². The lowest BCUT2D eigenvalue weighted by Gasteiger charge is -1.80. The van der Waals surface area contributed by atoms with Crippen LogP contribution in [0.3, 0.4) is 0 Å². The Hall–Kier alpha value is -0.160. The molecule has 34 valence electrons. The zero-order chi connectivity index (χ0) is 3.58. The van der Waals surface area contributed by atoms with E-state index in [0.29, 0.717) is 0 Å². The van der Waals surface area contributed by atoms with Gasteiger partial charge < -0.3 is 20.8 Å². The van der Waals surface area contributed by atoms with Crippen molar-refractivity contribution in [2.45, 2.75) is 6.48 Å². The number of hydrogen-bond donors (Lipinski definition) is 3. The summed E-state index contributed by atoms with van der Waals surface area (Å²) >= 11 is 0. The number of aliphatic hydroxyl groups excluding tert-OH is 1. The molecule has 0 fully saturated rings. The first-order valence-electron chi connectivity index (χ1n) is 0.775. The van der Waals surface area contributed by atoms with E-state index in [1.165, 1.54) is 0 Å². The highest BCUT2D eigenvalue weighted by Crippen LogP contribution is 1.49. The Bertz CT molecular complexity index is 8.36. The van der Waals surface area contributed by atoms with Crippen molar-refractivity contribution < 1.29 is 20.8 Å². The van der Waals surface area contributed by atoms with Crippen molar-refractivity contribution in [1.29, 1.82) is 0 Å². The summed E-state index contributed by atoms with van der Waals surface area (Å²) in [5, 5.41) is 21.5. The first kappa shape index (κ1) is 8.85. The lowest BCUT2D eigenvalue weighted by atomic mass is 11.4. The molecule has 0 aromatic heterocycles. The molecule has 0 unspecified atom stereocenters. The van der Waals surface area contributed by atoms with Crippen molar-refractivity contribution in [2.75, 3.05) is 0 Å². The lowest BCUT2D eigenvalue weighted by Crippen LogP contribution is -1.98. The molecule has 0 rings (SSSR count). The van der Waals surface area contributed by atoms with E-state index in [4.69, 9.17) is 15.3 Å². The SMILES string of the molecule is O.OC(O)O. The minimum atomic E-state index is -2.17. The van der Waals surface area contributed by atoms with Crippen molar-refractivity contribution in [3.05, 3.63) is 0 Å². The smallest absolute Gasteiger partial charge is 0.263 e. The fraction of sp³-hybridized carbons (Fsp3) is 1.00. The van der Waals surface area contributed by atoms with Crippen LogP contribution in [0.15, 0.2) is 0 Å². The van der Waals surface area contributed by atoms with Gasteiger partial charge in [-0.25, -0.2) is 0 Å². The molecule has 4 heteroatoms. The van der Waals surface area contributed by atoms with Gasteiger partial charge in [-0.3, -0.25) is 0 Å². The molecule has 4 nitrogen and oxygen atoms in total. The molecular weight excluding hydrogens is 76.0 g/mol. The molecule has 0 aliphatic rings. The van der Waals surface area contributed by atoms with Gasteiger partial charge in [0.15, 0.2) is 0 Å². The van der Waals surface area contributed by atoms with Crippen molar-refractivity contribution in [2.24, 2.45) is 0 Å². The normalized spacial score (nSPS) is 7.20. The third-order valence-electron chi connectivity index (χ3n) is 0. The van der Waals surface area contributed by atoms with Crippen LogP contribution in [0.2, 0.25) is 0 Å². The van der Waals surface area contributed by atoms with Crippen molar-refractivity contribution in [1.82, 2.24) is 0 Å². The summed E-state index contributed by atoms with van der Waals surface area (Å²) in [5.74, 6) is 0. The highest BCUT2D eigenvalue weighted by atomic mass is 16.6. The van der Waals surface area contributed by atoms with Gasteiger partial charge in [-0.05, 0) is 0 Å². The van der Waals surface area contributed by atoms with Crippen LogP contribution in [0, 0.1) is 0 Å². The van der Waals surface area contributed by atoms with Gasteiger partial charge in [0.25, 0.3) is 6.48 Å². The summed E-state index contributed by atoms with van der Waals surface area (Å²) in [6.45, 7) is -2.17. The van der Waals surface area contributed by atoms with Gasteiger partial charge in [0.1, 0.15) is 0 Å². The Morgan fingerprint density at radius 1 is 1.00 bits per heavy atom. The average Bonchev–Trinajstić information content (AvgIpc) is 0.811. The fourth-order valence-electron chi connectivity index (χ4n) is 0. The molecule has 0 aliphatic carbocycles. The number of aliphatic hydroxyl groups is 3. The van der Waals surface area contributed by atoms with E-state index in [1.807, 2.05) is 0 Å². The third kappa shape index (κ3) is 508. The average molecular weight is 82.1 g/mol. The van der Waals surface area contributed by atoms with E-state index in [-0.39, 0.29) is 5.48 Å². The van der Waals surface area contributed by atoms with Crippen molar-refractivity contribution >= 4 is 0 Å². The summed E-state index contributed by atoms with van der Waals surface area (Å²) in [6.07, 6.45) is 0. The van der Waals surface area contributed by atoms with E-state index >= 15 is 0 Å². The van der Waals surface area contributed by atoms with Crippen LogP contribution < -0.4 is 0 Å². The highest BCUT2D eigenvalue weighted by Gasteiger charge is 1.72. The van der Waals surface area contributed by atoms with Crippen LogP contribution in [0.25, 0.3) is 0 Å². The molecule has 0 amide bonds. The zero-order valence-corrected chi connectivity index (χ0v) is 2.42. The molecule has 0 saturated heterocycles. The minimum Gasteiger partial charge on any atom is -0.412 e. The quantitative estimate of drug-likeness (QED) is 0.280. The second-order valence-electron chi connectivity index (χ2n) is 0.346. The Morgan fingerprint density at radius 3 is 1.00 bits per heavy atom. The summed E-state index contributed by atoms with van der Waals surface area (Å²) in [5.41, 5.74) is 0. The summed E-state index contributed by atoms with van der Waals surface area (Å²) in [7, 11) is 0. The molecule has 0 aromatic rings. The Labute approximate surface area is 28.6 Å². The Balaban J connectivity index is 0. The topological polar surface area (TPSA) is 92.2 Å². The van der Waals surface area contributed by atoms with Gasteiger partial charge in [0.05, 0.1) is 0 Å². The van der Waals surface area contributed by atoms with Gasteiger partial charge in [-0.1, -0.05) is 0 Å². The second-order valence-corrected chi connectivity index (χ2v) is 0.346. The van der Waals surface area contributed by atoms with Gasteiger partial charge in [-0.15, -0.1) is 0 Å². The van der Waals surface area contributed by atoms with Crippen molar-refractivity contribution in [3.8, 4) is 0 Å². The monoisotopic (exact) mass is 82.0 g/mol. The predicted octanol–water partition coefficient (Wildman–Crippen LogP) is -2.58. The molecule has 0 saturated carbocycles. The van der Waals surface area contributed by atoms with Crippen LogP contribution in [-0.4, -0.2) is 27.3 Å². The first-order valence-corrected chi connectivity index (χ1v) is 0.775. The first-order chi connectivity index (χ1) is 1.73. The Morgan fingerprint density at radius 2 is 1.00 bits per heavy atom. The molecule has 0 radical (unpaired) electrons. The fourth-order valence-corrected chi connectivity index (χ4v) is 0. The Kier molecular flexibility index (Phi) is 6.80. The third-order valence-corrected chi connectivity index (χ3v) is 0. The molecule has 0 atom stereocenters. The van der Waals surface area contributed by atoms with Crippen LogP contribution in [-0.2, 0) is 0 Å². The zero-order valence-electron chi connectivity index (χ0n) is 2.42. The standard InChI is InChI=1S/CH4O3.H2O/c2-1(3)4;/h1-4H;1H2. The van der Waals surface area contributed by atoms with E-state index in [0.717, 1.165) is 0 Å². The van der Waals surface area contributed by atoms with Crippen LogP contribution in [0.4, 0.5) is 0 Å². The van der Waals surface area contributed by atoms with Crippen LogP contribution >= 0.6 is 0 Å². The second kappa shape index (κ2) is 3.84. The van der Waals surface area contributed by atoms with E-state index < -0.39 is 6.48 Å². The van der Waals surface area contributed by atoms with E-state index in [9.17, 15) is 0 Å². The van der Waals surface area contributed by atoms with E-state index in [1.54, 1.807) is 0 Å².